The van der Waals surface area contributed by atoms with Crippen LogP contribution in [0.15, 0.2) is 48.5 Å². The maximum Gasteiger partial charge on any atom is 0.279 e. The van der Waals surface area contributed by atoms with Crippen molar-refractivity contribution in [1.29, 1.82) is 0 Å². The largest absolute Gasteiger partial charge is 0.326 e. The van der Waals surface area contributed by atoms with Crippen LogP contribution in [0.3, 0.4) is 0 Å². The molecule has 2 rings (SSSR count). The molecule has 1 amide bonds. The minimum absolute atomic E-state index is 0.0493. The quantitative estimate of drug-likeness (QED) is 0.842. The summed E-state index contributed by atoms with van der Waals surface area (Å²) in [5.74, 6) is 0.0493. The van der Waals surface area contributed by atoms with Crippen molar-refractivity contribution < 1.29 is 9.69 Å². The van der Waals surface area contributed by atoms with Crippen LogP contribution in [0.5, 0.6) is 0 Å². The topological polar surface area (TPSA) is 33.5 Å². The second-order valence-corrected chi connectivity index (χ2v) is 5.90. The van der Waals surface area contributed by atoms with Crippen LogP contribution in [0.25, 0.3) is 0 Å². The summed E-state index contributed by atoms with van der Waals surface area (Å²) in [5, 5.41) is 2.96. The molecule has 22 heavy (non-hydrogen) atoms. The van der Waals surface area contributed by atoms with Crippen LogP contribution in [0.4, 0.5) is 5.69 Å². The number of carbonyl (C=O) groups excluding carboxylic acids is 1. The summed E-state index contributed by atoms with van der Waals surface area (Å²) >= 11 is 0. The summed E-state index contributed by atoms with van der Waals surface area (Å²) in [6, 6.07) is 16.5. The van der Waals surface area contributed by atoms with Gasteiger partial charge in [0.15, 0.2) is 6.54 Å². The Morgan fingerprint density at radius 3 is 2.41 bits per heavy atom. The number of anilines is 1. The average molecular weight is 297 g/mol. The zero-order valence-corrected chi connectivity index (χ0v) is 13.6. The van der Waals surface area contributed by atoms with Gasteiger partial charge in [-0.2, -0.15) is 0 Å². The number of carbonyl (C=O) groups is 1. The van der Waals surface area contributed by atoms with Crippen molar-refractivity contribution in [2.75, 3.05) is 18.9 Å². The first-order chi connectivity index (χ1) is 10.6. The third kappa shape index (κ3) is 5.01. The van der Waals surface area contributed by atoms with Crippen LogP contribution in [-0.4, -0.2) is 19.5 Å². The number of likely N-dealkylation sites (N-methyl/N-ethyl adjacent to an activating group) is 1. The molecule has 0 saturated heterocycles. The van der Waals surface area contributed by atoms with E-state index in [2.05, 4.69) is 36.5 Å². The molecular formula is C19H25N2O+. The van der Waals surface area contributed by atoms with Crippen LogP contribution in [0, 0.1) is 6.92 Å². The van der Waals surface area contributed by atoms with Crippen LogP contribution in [0.2, 0.25) is 0 Å². The van der Waals surface area contributed by atoms with Crippen molar-refractivity contribution >= 4 is 11.6 Å². The summed E-state index contributed by atoms with van der Waals surface area (Å²) in [6.07, 6.45) is 1.06. The molecule has 2 aromatic carbocycles. The lowest BCUT2D eigenvalue weighted by molar-refractivity contribution is -0.885. The monoisotopic (exact) mass is 297 g/mol. The molecule has 3 nitrogen and oxygen atoms in total. The van der Waals surface area contributed by atoms with E-state index in [9.17, 15) is 4.79 Å². The Bertz CT molecular complexity index is 620. The lowest BCUT2D eigenvalue weighted by Crippen LogP contribution is -3.08. The first-order valence-electron chi connectivity index (χ1n) is 7.82. The highest BCUT2D eigenvalue weighted by Crippen LogP contribution is 2.08. The fourth-order valence-electron chi connectivity index (χ4n) is 2.51. The number of hydrogen-bond donors (Lipinski definition) is 2. The van der Waals surface area contributed by atoms with E-state index >= 15 is 0 Å². The van der Waals surface area contributed by atoms with Crippen molar-refractivity contribution in [3.63, 3.8) is 0 Å². The molecule has 1 unspecified atom stereocenters. The van der Waals surface area contributed by atoms with Crippen molar-refractivity contribution in [3.8, 4) is 0 Å². The van der Waals surface area contributed by atoms with Crippen molar-refractivity contribution in [2.45, 2.75) is 26.8 Å². The second kappa shape index (κ2) is 7.76. The molecule has 116 valence electrons. The fraction of sp³-hybridized carbons (Fsp3) is 0.316. The number of quaternary nitrogens is 1. The molecule has 3 heteroatoms. The third-order valence-corrected chi connectivity index (χ3v) is 3.70. The third-order valence-electron chi connectivity index (χ3n) is 3.70. The molecule has 2 N–H and O–H groups in total. The van der Waals surface area contributed by atoms with E-state index in [1.165, 1.54) is 16.0 Å². The highest BCUT2D eigenvalue weighted by atomic mass is 16.2. The summed E-state index contributed by atoms with van der Waals surface area (Å²) in [5.41, 5.74) is 4.62. The maximum absolute atomic E-state index is 12.1. The Labute approximate surface area is 133 Å². The number of benzene rings is 2. The van der Waals surface area contributed by atoms with Crippen molar-refractivity contribution in [2.24, 2.45) is 0 Å². The van der Waals surface area contributed by atoms with Gasteiger partial charge in [0.25, 0.3) is 5.91 Å². The zero-order valence-electron chi connectivity index (χ0n) is 13.6. The Balaban J connectivity index is 1.85. The molecule has 1 atom stereocenters. The van der Waals surface area contributed by atoms with Gasteiger partial charge in [-0.05, 0) is 36.6 Å². The first kappa shape index (κ1) is 16.2. The Hall–Kier alpha value is -2.13. The highest BCUT2D eigenvalue weighted by molar-refractivity contribution is 5.91. The number of hydrogen-bond acceptors (Lipinski definition) is 1. The number of nitrogens with one attached hydrogen (secondary N) is 2. The molecule has 0 aromatic heterocycles. The second-order valence-electron chi connectivity index (χ2n) is 5.90. The minimum Gasteiger partial charge on any atom is -0.326 e. The lowest BCUT2D eigenvalue weighted by Gasteiger charge is -2.14. The van der Waals surface area contributed by atoms with Gasteiger partial charge < -0.3 is 10.2 Å². The molecule has 0 aliphatic heterocycles. The van der Waals surface area contributed by atoms with Gasteiger partial charge in [-0.15, -0.1) is 0 Å². The van der Waals surface area contributed by atoms with Gasteiger partial charge >= 0.3 is 0 Å². The Kier molecular flexibility index (Phi) is 5.73. The van der Waals surface area contributed by atoms with Gasteiger partial charge in [0, 0.05) is 11.3 Å². The molecule has 0 saturated carbocycles. The van der Waals surface area contributed by atoms with Crippen molar-refractivity contribution in [1.82, 2.24) is 0 Å². The first-order valence-corrected chi connectivity index (χ1v) is 7.82. The van der Waals surface area contributed by atoms with E-state index in [1.807, 2.05) is 38.2 Å². The number of aryl methyl sites for hydroxylation is 2. The molecule has 0 spiro atoms. The predicted octanol–water partition coefficient (Wildman–Crippen LogP) is 2.21. The molecule has 0 aliphatic rings. The highest BCUT2D eigenvalue weighted by Gasteiger charge is 2.11. The van der Waals surface area contributed by atoms with Crippen LogP contribution >= 0.6 is 0 Å². The molecule has 0 radical (unpaired) electrons. The normalized spacial score (nSPS) is 12.0. The van der Waals surface area contributed by atoms with Gasteiger partial charge in [-0.25, -0.2) is 0 Å². The number of amides is 1. The lowest BCUT2D eigenvalue weighted by atomic mass is 10.1. The molecule has 0 fully saturated rings. The van der Waals surface area contributed by atoms with E-state index in [1.54, 1.807) is 0 Å². The standard InChI is InChI=1S/C19H24N2O/c1-4-16-8-10-17(11-9-16)13-21(3)14-19(22)20-18-7-5-6-15(2)12-18/h5-12H,4,13-14H2,1-3H3,(H,20,22)/p+1. The van der Waals surface area contributed by atoms with Crippen LogP contribution in [-0.2, 0) is 17.8 Å². The van der Waals surface area contributed by atoms with Crippen LogP contribution in [0.1, 0.15) is 23.6 Å². The van der Waals surface area contributed by atoms with Crippen LogP contribution < -0.4 is 10.2 Å². The molecule has 0 heterocycles. The average Bonchev–Trinajstić information content (AvgIpc) is 2.47. The van der Waals surface area contributed by atoms with E-state index < -0.39 is 0 Å². The summed E-state index contributed by atoms with van der Waals surface area (Å²) in [7, 11) is 2.05. The number of rotatable bonds is 6. The predicted molar refractivity (Wildman–Crippen MR) is 91.1 cm³/mol. The van der Waals surface area contributed by atoms with E-state index in [4.69, 9.17) is 0 Å². The van der Waals surface area contributed by atoms with E-state index in [0.29, 0.717) is 6.54 Å². The summed E-state index contributed by atoms with van der Waals surface area (Å²) in [4.78, 5) is 13.3. The Morgan fingerprint density at radius 1 is 1.09 bits per heavy atom. The van der Waals surface area contributed by atoms with Gasteiger partial charge in [-0.1, -0.05) is 43.3 Å². The zero-order chi connectivity index (χ0) is 15.9. The van der Waals surface area contributed by atoms with Gasteiger partial charge in [0.1, 0.15) is 6.54 Å². The summed E-state index contributed by atoms with van der Waals surface area (Å²) in [6.45, 7) is 5.49. The maximum atomic E-state index is 12.1. The SMILES string of the molecule is CCc1ccc(C[NH+](C)CC(=O)Nc2cccc(C)c2)cc1. The van der Waals surface area contributed by atoms with Gasteiger partial charge in [0.2, 0.25) is 0 Å². The smallest absolute Gasteiger partial charge is 0.279 e. The molecule has 0 bridgehead atoms. The van der Waals surface area contributed by atoms with Gasteiger partial charge in [0.05, 0.1) is 7.05 Å². The summed E-state index contributed by atoms with van der Waals surface area (Å²) < 4.78 is 0. The van der Waals surface area contributed by atoms with E-state index in [-0.39, 0.29) is 5.91 Å². The molecule has 0 aliphatic carbocycles. The fourth-order valence-corrected chi connectivity index (χ4v) is 2.51. The molecular weight excluding hydrogens is 272 g/mol. The minimum atomic E-state index is 0.0493. The van der Waals surface area contributed by atoms with Crippen molar-refractivity contribution in [3.05, 3.63) is 65.2 Å². The van der Waals surface area contributed by atoms with E-state index in [0.717, 1.165) is 24.2 Å². The molecule has 2 aromatic rings. The van der Waals surface area contributed by atoms with Gasteiger partial charge in [-0.3, -0.25) is 4.79 Å². The Morgan fingerprint density at radius 2 is 1.77 bits per heavy atom.